The lowest BCUT2D eigenvalue weighted by Gasteiger charge is -2.28. The van der Waals surface area contributed by atoms with Crippen LogP contribution in [0.25, 0.3) is 0 Å². The van der Waals surface area contributed by atoms with Crippen molar-refractivity contribution in [2.45, 2.75) is 65.5 Å². The van der Waals surface area contributed by atoms with E-state index in [1.807, 2.05) is 24.3 Å². The molecule has 1 saturated carbocycles. The van der Waals surface area contributed by atoms with Crippen molar-refractivity contribution in [2.24, 2.45) is 17.8 Å². The van der Waals surface area contributed by atoms with Crippen LogP contribution in [-0.4, -0.2) is 25.0 Å². The fourth-order valence-corrected chi connectivity index (χ4v) is 3.67. The molecule has 1 fully saturated rings. The predicted molar refractivity (Wildman–Crippen MR) is 107 cm³/mol. The molecule has 1 aliphatic rings. The summed E-state index contributed by atoms with van der Waals surface area (Å²) < 4.78 is 5.33. The van der Waals surface area contributed by atoms with Crippen LogP contribution in [0.4, 0.5) is 0 Å². The highest BCUT2D eigenvalue weighted by Crippen LogP contribution is 2.28. The van der Waals surface area contributed by atoms with Crippen molar-refractivity contribution >= 4 is 11.8 Å². The summed E-state index contributed by atoms with van der Waals surface area (Å²) in [6.07, 6.45) is 4.65. The SMILES string of the molecule is COc1ccccc1CNC(=O)[C@@H](CC(C)C)NC(=O)C1CCC(C)CC1. The van der Waals surface area contributed by atoms with Gasteiger partial charge in [0.15, 0.2) is 0 Å². The van der Waals surface area contributed by atoms with Crippen LogP contribution in [0.15, 0.2) is 24.3 Å². The molecular formula is C22H34N2O3. The Kier molecular flexibility index (Phi) is 8.14. The molecule has 0 aromatic heterocycles. The first-order chi connectivity index (χ1) is 12.9. The molecule has 2 rings (SSSR count). The molecule has 5 heteroatoms. The van der Waals surface area contributed by atoms with Gasteiger partial charge in [0.25, 0.3) is 0 Å². The number of hydrogen-bond donors (Lipinski definition) is 2. The molecule has 1 atom stereocenters. The summed E-state index contributed by atoms with van der Waals surface area (Å²) in [5.41, 5.74) is 0.921. The number of carbonyl (C=O) groups excluding carboxylic acids is 2. The lowest BCUT2D eigenvalue weighted by Crippen LogP contribution is -2.49. The Morgan fingerprint density at radius 2 is 1.81 bits per heavy atom. The van der Waals surface area contributed by atoms with Crippen LogP contribution in [0.3, 0.4) is 0 Å². The molecule has 150 valence electrons. The molecule has 2 amide bonds. The summed E-state index contributed by atoms with van der Waals surface area (Å²) >= 11 is 0. The Hall–Kier alpha value is -2.04. The zero-order valence-electron chi connectivity index (χ0n) is 17.1. The minimum atomic E-state index is -0.494. The minimum Gasteiger partial charge on any atom is -0.496 e. The standard InChI is InChI=1S/C22H34N2O3/c1-15(2)13-19(24-21(25)17-11-9-16(3)10-12-17)22(26)23-14-18-7-5-6-8-20(18)27-4/h5-8,15-17,19H,9-14H2,1-4H3,(H,23,26)(H,24,25)/t16?,17?,19-/m1/s1. The van der Waals surface area contributed by atoms with E-state index >= 15 is 0 Å². The fraction of sp³-hybridized carbons (Fsp3) is 0.636. The lowest BCUT2D eigenvalue weighted by atomic mass is 9.82. The molecule has 0 bridgehead atoms. The van der Waals surface area contributed by atoms with E-state index in [0.29, 0.717) is 24.8 Å². The number of nitrogens with one attached hydrogen (secondary N) is 2. The summed E-state index contributed by atoms with van der Waals surface area (Å²) in [6.45, 7) is 6.75. The van der Waals surface area contributed by atoms with E-state index in [-0.39, 0.29) is 17.7 Å². The normalized spacial score (nSPS) is 20.8. The van der Waals surface area contributed by atoms with Gasteiger partial charge in [-0.1, -0.05) is 39.0 Å². The smallest absolute Gasteiger partial charge is 0.242 e. The van der Waals surface area contributed by atoms with Gasteiger partial charge in [0, 0.05) is 18.0 Å². The zero-order valence-corrected chi connectivity index (χ0v) is 17.1. The van der Waals surface area contributed by atoms with Gasteiger partial charge in [-0.05, 0) is 50.0 Å². The van der Waals surface area contributed by atoms with Gasteiger partial charge < -0.3 is 15.4 Å². The Morgan fingerprint density at radius 3 is 2.44 bits per heavy atom. The van der Waals surface area contributed by atoms with E-state index in [0.717, 1.165) is 37.0 Å². The Bertz CT molecular complexity index is 622. The minimum absolute atomic E-state index is 0.0278. The van der Waals surface area contributed by atoms with Gasteiger partial charge in [0.2, 0.25) is 11.8 Å². The Balaban J connectivity index is 1.95. The van der Waals surface area contributed by atoms with Crippen LogP contribution in [0, 0.1) is 17.8 Å². The third-order valence-electron chi connectivity index (χ3n) is 5.37. The number of amides is 2. The summed E-state index contributed by atoms with van der Waals surface area (Å²) in [6, 6.07) is 7.13. The number of para-hydroxylation sites is 1. The van der Waals surface area contributed by atoms with Crippen molar-refractivity contribution in [1.82, 2.24) is 10.6 Å². The van der Waals surface area contributed by atoms with Crippen molar-refractivity contribution in [2.75, 3.05) is 7.11 Å². The molecule has 27 heavy (non-hydrogen) atoms. The van der Waals surface area contributed by atoms with E-state index in [1.54, 1.807) is 7.11 Å². The molecule has 5 nitrogen and oxygen atoms in total. The molecule has 0 heterocycles. The van der Waals surface area contributed by atoms with Crippen molar-refractivity contribution in [3.05, 3.63) is 29.8 Å². The molecular weight excluding hydrogens is 340 g/mol. The van der Waals surface area contributed by atoms with E-state index in [9.17, 15) is 9.59 Å². The first-order valence-corrected chi connectivity index (χ1v) is 10.1. The maximum atomic E-state index is 12.8. The van der Waals surface area contributed by atoms with Gasteiger partial charge in [-0.25, -0.2) is 0 Å². The lowest BCUT2D eigenvalue weighted by molar-refractivity contribution is -0.132. The molecule has 0 aliphatic heterocycles. The third kappa shape index (κ3) is 6.56. The van der Waals surface area contributed by atoms with Crippen molar-refractivity contribution in [1.29, 1.82) is 0 Å². The van der Waals surface area contributed by atoms with Crippen LogP contribution < -0.4 is 15.4 Å². The average molecular weight is 375 g/mol. The van der Waals surface area contributed by atoms with E-state index in [4.69, 9.17) is 4.74 Å². The number of rotatable bonds is 8. The molecule has 0 radical (unpaired) electrons. The summed E-state index contributed by atoms with van der Waals surface area (Å²) in [4.78, 5) is 25.4. The maximum absolute atomic E-state index is 12.8. The van der Waals surface area contributed by atoms with Gasteiger partial charge in [0.1, 0.15) is 11.8 Å². The Labute approximate surface area is 163 Å². The topological polar surface area (TPSA) is 67.4 Å². The van der Waals surface area contributed by atoms with E-state index < -0.39 is 6.04 Å². The van der Waals surface area contributed by atoms with Crippen LogP contribution >= 0.6 is 0 Å². The average Bonchev–Trinajstić information content (AvgIpc) is 2.65. The quantitative estimate of drug-likeness (QED) is 0.729. The number of benzene rings is 1. The van der Waals surface area contributed by atoms with Gasteiger partial charge >= 0.3 is 0 Å². The van der Waals surface area contributed by atoms with Crippen molar-refractivity contribution in [3.63, 3.8) is 0 Å². The number of ether oxygens (including phenoxy) is 1. The van der Waals surface area contributed by atoms with Crippen molar-refractivity contribution < 1.29 is 14.3 Å². The van der Waals surface area contributed by atoms with Crippen molar-refractivity contribution in [3.8, 4) is 5.75 Å². The molecule has 1 aliphatic carbocycles. The second kappa shape index (κ2) is 10.3. The summed E-state index contributed by atoms with van der Waals surface area (Å²) in [7, 11) is 1.62. The second-order valence-electron chi connectivity index (χ2n) is 8.18. The first kappa shape index (κ1) is 21.3. The summed E-state index contributed by atoms with van der Waals surface area (Å²) in [5, 5.41) is 5.98. The van der Waals surface area contributed by atoms with Gasteiger partial charge in [-0.3, -0.25) is 9.59 Å². The molecule has 0 saturated heterocycles. The highest BCUT2D eigenvalue weighted by molar-refractivity contribution is 5.88. The van der Waals surface area contributed by atoms with Gasteiger partial charge in [0.05, 0.1) is 7.11 Å². The number of methoxy groups -OCH3 is 1. The van der Waals surface area contributed by atoms with Crippen LogP contribution in [0.5, 0.6) is 5.75 Å². The van der Waals surface area contributed by atoms with Crippen LogP contribution in [-0.2, 0) is 16.1 Å². The van der Waals surface area contributed by atoms with Gasteiger partial charge in [-0.15, -0.1) is 0 Å². The molecule has 0 unspecified atom stereocenters. The van der Waals surface area contributed by atoms with E-state index in [2.05, 4.69) is 31.4 Å². The molecule has 1 aromatic carbocycles. The number of hydrogen-bond acceptors (Lipinski definition) is 3. The zero-order chi connectivity index (χ0) is 19.8. The van der Waals surface area contributed by atoms with Crippen LogP contribution in [0.2, 0.25) is 0 Å². The molecule has 0 spiro atoms. The highest BCUT2D eigenvalue weighted by atomic mass is 16.5. The fourth-order valence-electron chi connectivity index (χ4n) is 3.67. The monoisotopic (exact) mass is 374 g/mol. The Morgan fingerprint density at radius 1 is 1.15 bits per heavy atom. The summed E-state index contributed by atoms with van der Waals surface area (Å²) in [5.74, 6) is 1.70. The first-order valence-electron chi connectivity index (χ1n) is 10.1. The highest BCUT2D eigenvalue weighted by Gasteiger charge is 2.28. The van der Waals surface area contributed by atoms with E-state index in [1.165, 1.54) is 0 Å². The second-order valence-corrected chi connectivity index (χ2v) is 8.18. The van der Waals surface area contributed by atoms with Crippen LogP contribution in [0.1, 0.15) is 58.4 Å². The predicted octanol–water partition coefficient (Wildman–Crippen LogP) is 3.67. The third-order valence-corrected chi connectivity index (χ3v) is 5.37. The molecule has 2 N–H and O–H groups in total. The maximum Gasteiger partial charge on any atom is 0.242 e. The van der Waals surface area contributed by atoms with Gasteiger partial charge in [-0.2, -0.15) is 0 Å². The number of carbonyl (C=O) groups is 2. The largest absolute Gasteiger partial charge is 0.496 e. The molecule has 1 aromatic rings.